The Morgan fingerprint density at radius 2 is 2.17 bits per heavy atom. The maximum atomic E-state index is 3.09. The van der Waals surface area contributed by atoms with E-state index >= 15 is 0 Å². The molecular formula is C10H22NP. The van der Waals surface area contributed by atoms with Crippen LogP contribution in [0.1, 0.15) is 39.5 Å². The van der Waals surface area contributed by atoms with Crippen molar-refractivity contribution < 1.29 is 0 Å². The third kappa shape index (κ3) is 6.67. The summed E-state index contributed by atoms with van der Waals surface area (Å²) in [5.74, 6) is 0.876. The molecule has 12 heavy (non-hydrogen) atoms. The third-order valence-electron chi connectivity index (χ3n) is 2.09. The van der Waals surface area contributed by atoms with Gasteiger partial charge in [-0.2, -0.15) is 0 Å². The molecule has 0 fully saturated rings. The molecule has 0 saturated carbocycles. The van der Waals surface area contributed by atoms with Gasteiger partial charge in [-0.3, -0.25) is 0 Å². The van der Waals surface area contributed by atoms with E-state index in [2.05, 4.69) is 34.5 Å². The first-order valence-electron chi connectivity index (χ1n) is 4.84. The van der Waals surface area contributed by atoms with Gasteiger partial charge in [0.05, 0.1) is 0 Å². The van der Waals surface area contributed by atoms with Gasteiger partial charge in [0.1, 0.15) is 0 Å². The molecule has 0 aromatic carbocycles. The predicted octanol–water partition coefficient (Wildman–Crippen LogP) is 3.14. The molecule has 0 aliphatic heterocycles. The van der Waals surface area contributed by atoms with Crippen molar-refractivity contribution in [3.63, 3.8) is 0 Å². The highest BCUT2D eigenvalue weighted by molar-refractivity contribution is 7.22. The molecule has 0 aromatic heterocycles. The largest absolute Gasteiger partial charge is 0.389 e. The van der Waals surface area contributed by atoms with Gasteiger partial charge >= 0.3 is 0 Å². The molecule has 0 saturated heterocycles. The van der Waals surface area contributed by atoms with Crippen LogP contribution in [-0.2, 0) is 0 Å². The Balaban J connectivity index is 3.41. The van der Waals surface area contributed by atoms with Gasteiger partial charge < -0.3 is 5.32 Å². The van der Waals surface area contributed by atoms with Gasteiger partial charge in [-0.25, -0.2) is 0 Å². The van der Waals surface area contributed by atoms with Gasteiger partial charge in [0.25, 0.3) is 0 Å². The Morgan fingerprint density at radius 3 is 2.67 bits per heavy atom. The lowest BCUT2D eigenvalue weighted by Crippen LogP contribution is -1.99. The summed E-state index contributed by atoms with van der Waals surface area (Å²) in [4.78, 5) is 0. The molecular weight excluding hydrogens is 165 g/mol. The highest BCUT2D eigenvalue weighted by Gasteiger charge is 1.98. The Kier molecular flexibility index (Phi) is 7.59. The summed E-state index contributed by atoms with van der Waals surface area (Å²) in [5, 5.41) is 3.09. The number of nitrogens with one attached hydrogen (secondary N) is 1. The summed E-state index contributed by atoms with van der Waals surface area (Å²) >= 11 is 0. The molecule has 0 heterocycles. The van der Waals surface area contributed by atoms with Crippen LogP contribution in [0, 0.1) is 5.92 Å². The summed E-state index contributed by atoms with van der Waals surface area (Å²) in [6.45, 7) is 4.58. The smallest absolute Gasteiger partial charge is 0.0238 e. The van der Waals surface area contributed by atoms with E-state index in [9.17, 15) is 0 Å². The van der Waals surface area contributed by atoms with E-state index in [0.717, 1.165) is 5.92 Å². The zero-order valence-electron chi connectivity index (χ0n) is 8.56. The summed E-state index contributed by atoms with van der Waals surface area (Å²) in [6, 6.07) is 0. The van der Waals surface area contributed by atoms with Crippen molar-refractivity contribution >= 4 is 9.24 Å². The van der Waals surface area contributed by atoms with Gasteiger partial charge in [-0.15, -0.1) is 0 Å². The molecule has 0 spiro atoms. The summed E-state index contributed by atoms with van der Waals surface area (Å²) in [6.07, 6.45) is 7.43. The van der Waals surface area contributed by atoms with Crippen LogP contribution >= 0.6 is 9.24 Å². The van der Waals surface area contributed by atoms with Crippen molar-refractivity contribution in [3.8, 4) is 0 Å². The molecule has 0 rings (SSSR count). The van der Waals surface area contributed by atoms with Crippen LogP contribution in [0.5, 0.6) is 0 Å². The molecule has 2 unspecified atom stereocenters. The van der Waals surface area contributed by atoms with Crippen molar-refractivity contribution in [3.05, 3.63) is 11.5 Å². The lowest BCUT2D eigenvalue weighted by atomic mass is 10.0. The Bertz CT molecular complexity index is 132. The van der Waals surface area contributed by atoms with Crippen molar-refractivity contribution in [1.82, 2.24) is 5.32 Å². The molecule has 0 aliphatic rings. The maximum Gasteiger partial charge on any atom is 0.0238 e. The predicted molar refractivity (Wildman–Crippen MR) is 60.2 cm³/mol. The highest BCUT2D eigenvalue weighted by atomic mass is 31.0. The van der Waals surface area contributed by atoms with Crippen LogP contribution in [0.25, 0.3) is 0 Å². The third-order valence-corrected chi connectivity index (χ3v) is 2.62. The molecule has 0 amide bonds. The Morgan fingerprint density at radius 1 is 1.50 bits per heavy atom. The Labute approximate surface area is 79.2 Å². The minimum atomic E-state index is 0.876. The normalized spacial score (nSPS) is 14.5. The molecule has 0 radical (unpaired) electrons. The van der Waals surface area contributed by atoms with E-state index in [1.165, 1.54) is 31.1 Å². The van der Waals surface area contributed by atoms with Gasteiger partial charge in [-0.1, -0.05) is 42.0 Å². The Hall–Kier alpha value is -0.0300. The number of hydrogen-bond acceptors (Lipinski definition) is 1. The number of allylic oxidation sites excluding steroid dienone is 1. The van der Waals surface area contributed by atoms with Crippen LogP contribution in [0.15, 0.2) is 11.5 Å². The fraction of sp³-hybridized carbons (Fsp3) is 0.800. The monoisotopic (exact) mass is 187 g/mol. The number of rotatable bonds is 6. The van der Waals surface area contributed by atoms with Crippen LogP contribution in [0.3, 0.4) is 0 Å². The van der Waals surface area contributed by atoms with E-state index in [1.54, 1.807) is 0 Å². The summed E-state index contributed by atoms with van der Waals surface area (Å²) in [7, 11) is 4.65. The minimum Gasteiger partial charge on any atom is -0.389 e. The van der Waals surface area contributed by atoms with Crippen LogP contribution in [0.2, 0.25) is 0 Å². The van der Waals surface area contributed by atoms with Gasteiger partial charge in [-0.05, 0) is 18.8 Å². The highest BCUT2D eigenvalue weighted by Crippen LogP contribution is 2.13. The first kappa shape index (κ1) is 12.0. The summed E-state index contributed by atoms with van der Waals surface area (Å²) in [5.41, 5.74) is 1.21. The lowest BCUT2D eigenvalue weighted by molar-refractivity contribution is 0.490. The minimum absolute atomic E-state index is 0.876. The van der Waals surface area contributed by atoms with Crippen molar-refractivity contribution in [2.24, 2.45) is 5.92 Å². The van der Waals surface area contributed by atoms with E-state index in [0.29, 0.717) is 0 Å². The van der Waals surface area contributed by atoms with E-state index in [-0.39, 0.29) is 0 Å². The topological polar surface area (TPSA) is 12.0 Å². The second kappa shape index (κ2) is 7.61. The van der Waals surface area contributed by atoms with Crippen LogP contribution in [-0.4, -0.2) is 7.05 Å². The maximum absolute atomic E-state index is 3.09. The fourth-order valence-corrected chi connectivity index (χ4v) is 1.43. The quantitative estimate of drug-likeness (QED) is 0.630. The summed E-state index contributed by atoms with van der Waals surface area (Å²) < 4.78 is 0. The van der Waals surface area contributed by atoms with E-state index in [4.69, 9.17) is 0 Å². The van der Waals surface area contributed by atoms with Crippen molar-refractivity contribution in [1.29, 1.82) is 0 Å². The van der Waals surface area contributed by atoms with Crippen LogP contribution in [0.4, 0.5) is 0 Å². The second-order valence-corrected chi connectivity index (χ2v) is 4.00. The fourth-order valence-electron chi connectivity index (χ4n) is 1.26. The van der Waals surface area contributed by atoms with Crippen molar-refractivity contribution in [2.75, 3.05) is 7.05 Å². The molecule has 1 N–H and O–H groups in total. The van der Waals surface area contributed by atoms with E-state index in [1.807, 2.05) is 7.05 Å². The average molecular weight is 187 g/mol. The molecule has 0 bridgehead atoms. The lowest BCUT2D eigenvalue weighted by Gasteiger charge is -2.07. The van der Waals surface area contributed by atoms with Gasteiger partial charge in [0.15, 0.2) is 0 Å². The standard InChI is InChI=1S/C10H22NP/c1-4-6-9(2)7-5-8-10(12)11-3/h8-9,11H,4-7,12H2,1-3H3/b10-8-. The first-order valence-corrected chi connectivity index (χ1v) is 5.41. The SMILES string of the molecule is CCCC(C)CC/C=C(\P)NC. The molecule has 1 nitrogen and oxygen atoms in total. The number of hydrogen-bond donors (Lipinski definition) is 1. The zero-order valence-corrected chi connectivity index (χ0v) is 9.72. The van der Waals surface area contributed by atoms with E-state index < -0.39 is 0 Å². The average Bonchev–Trinajstić information content (AvgIpc) is 2.04. The van der Waals surface area contributed by atoms with Gasteiger partial charge in [0, 0.05) is 12.5 Å². The molecule has 0 aliphatic carbocycles. The van der Waals surface area contributed by atoms with Crippen molar-refractivity contribution in [2.45, 2.75) is 39.5 Å². The first-order chi connectivity index (χ1) is 5.70. The molecule has 0 aromatic rings. The molecule has 2 heteroatoms. The van der Waals surface area contributed by atoms with Crippen LogP contribution < -0.4 is 5.32 Å². The zero-order chi connectivity index (χ0) is 9.40. The molecule has 2 atom stereocenters. The van der Waals surface area contributed by atoms with Gasteiger partial charge in [0.2, 0.25) is 0 Å². The molecule has 72 valence electrons. The second-order valence-electron chi connectivity index (χ2n) is 3.38.